The molecule has 126 valence electrons. The molecule has 2 rings (SSSR count). The topological polar surface area (TPSA) is 84.7 Å². The Morgan fingerprint density at radius 1 is 1.22 bits per heavy atom. The second-order valence-electron chi connectivity index (χ2n) is 5.92. The first-order valence-corrected chi connectivity index (χ1v) is 8.03. The average molecular weight is 319 g/mol. The fraction of sp³-hybridized carbons (Fsp3) is 0.529. The Morgan fingerprint density at radius 3 is 2.48 bits per heavy atom. The van der Waals surface area contributed by atoms with Crippen LogP contribution in [0.25, 0.3) is 0 Å². The summed E-state index contributed by atoms with van der Waals surface area (Å²) in [6.07, 6.45) is 3.03. The van der Waals surface area contributed by atoms with Crippen LogP contribution in [0.2, 0.25) is 0 Å². The summed E-state index contributed by atoms with van der Waals surface area (Å²) in [7, 11) is 1.79. The molecule has 0 aliphatic heterocycles. The Morgan fingerprint density at radius 2 is 1.87 bits per heavy atom. The fourth-order valence-electron chi connectivity index (χ4n) is 2.89. The van der Waals surface area contributed by atoms with Crippen LogP contribution in [0.4, 0.5) is 4.79 Å². The Balaban J connectivity index is 1.69. The van der Waals surface area contributed by atoms with Gasteiger partial charge in [-0.05, 0) is 31.2 Å². The van der Waals surface area contributed by atoms with Gasteiger partial charge in [0.25, 0.3) is 0 Å². The Bertz CT molecular complexity index is 513. The van der Waals surface area contributed by atoms with E-state index in [1.807, 2.05) is 30.3 Å². The number of carbonyl (C=O) groups is 2. The lowest BCUT2D eigenvalue weighted by Crippen LogP contribution is -2.46. The minimum atomic E-state index is -0.385. The van der Waals surface area contributed by atoms with Crippen LogP contribution in [0, 0.1) is 0 Å². The van der Waals surface area contributed by atoms with Crippen molar-refractivity contribution in [2.45, 2.75) is 44.4 Å². The zero-order chi connectivity index (χ0) is 16.7. The molecule has 0 unspecified atom stereocenters. The Hall–Kier alpha value is -2.08. The molecule has 3 N–H and O–H groups in total. The van der Waals surface area contributed by atoms with Crippen molar-refractivity contribution in [2.75, 3.05) is 13.6 Å². The number of rotatable bonds is 5. The van der Waals surface area contributed by atoms with Crippen molar-refractivity contribution in [3.8, 4) is 0 Å². The molecule has 6 nitrogen and oxygen atoms in total. The molecule has 1 aliphatic carbocycles. The molecule has 1 aliphatic rings. The van der Waals surface area contributed by atoms with Crippen molar-refractivity contribution in [1.29, 1.82) is 0 Å². The number of carbonyl (C=O) groups excluding carboxylic acids is 2. The van der Waals surface area contributed by atoms with Crippen LogP contribution < -0.4 is 11.1 Å². The van der Waals surface area contributed by atoms with Crippen molar-refractivity contribution in [3.05, 3.63) is 35.9 Å². The largest absolute Gasteiger partial charge is 0.445 e. The second kappa shape index (κ2) is 8.53. The van der Waals surface area contributed by atoms with Gasteiger partial charge in [0.2, 0.25) is 5.91 Å². The van der Waals surface area contributed by atoms with Gasteiger partial charge in [-0.3, -0.25) is 4.79 Å². The number of nitrogens with one attached hydrogen (secondary N) is 1. The summed E-state index contributed by atoms with van der Waals surface area (Å²) in [5.41, 5.74) is 6.36. The van der Waals surface area contributed by atoms with Gasteiger partial charge in [-0.2, -0.15) is 0 Å². The molecule has 0 bridgehead atoms. The molecular formula is C17H25N3O3. The highest BCUT2D eigenvalue weighted by atomic mass is 16.5. The third-order valence-corrected chi connectivity index (χ3v) is 4.35. The lowest BCUT2D eigenvalue weighted by atomic mass is 9.90. The zero-order valence-electron chi connectivity index (χ0n) is 13.5. The van der Waals surface area contributed by atoms with Gasteiger partial charge in [-0.1, -0.05) is 30.3 Å². The summed E-state index contributed by atoms with van der Waals surface area (Å²) in [6.45, 7) is 0.316. The molecule has 2 amide bonds. The van der Waals surface area contributed by atoms with Gasteiger partial charge in [-0.15, -0.1) is 0 Å². The third-order valence-electron chi connectivity index (χ3n) is 4.35. The minimum Gasteiger partial charge on any atom is -0.445 e. The van der Waals surface area contributed by atoms with Gasteiger partial charge < -0.3 is 20.7 Å². The standard InChI is InChI=1S/C17H25N3O3/c1-20(16(21)11-18)15-9-7-14(8-10-15)19-17(22)23-12-13-5-3-2-4-6-13/h2-6,14-15H,7-12,18H2,1H3,(H,19,22). The molecule has 1 aromatic rings. The van der Waals surface area contributed by atoms with Gasteiger partial charge >= 0.3 is 6.09 Å². The number of nitrogens with zero attached hydrogens (tertiary/aromatic N) is 1. The molecule has 23 heavy (non-hydrogen) atoms. The highest BCUT2D eigenvalue weighted by Gasteiger charge is 2.27. The maximum Gasteiger partial charge on any atom is 0.407 e. The number of alkyl carbamates (subject to hydrolysis) is 1. The number of amides is 2. The number of hydrogen-bond acceptors (Lipinski definition) is 4. The summed E-state index contributed by atoms with van der Waals surface area (Å²) in [5, 5.41) is 2.90. The van der Waals surface area contributed by atoms with E-state index >= 15 is 0 Å². The van der Waals surface area contributed by atoms with Crippen LogP contribution in [0.1, 0.15) is 31.2 Å². The number of ether oxygens (including phenoxy) is 1. The van der Waals surface area contributed by atoms with Crippen LogP contribution in [-0.4, -0.2) is 42.6 Å². The van der Waals surface area contributed by atoms with Gasteiger partial charge in [-0.25, -0.2) is 4.79 Å². The van der Waals surface area contributed by atoms with E-state index in [9.17, 15) is 9.59 Å². The van der Waals surface area contributed by atoms with Crippen LogP contribution in [0.5, 0.6) is 0 Å². The van der Waals surface area contributed by atoms with Crippen molar-refractivity contribution in [2.24, 2.45) is 5.73 Å². The summed E-state index contributed by atoms with van der Waals surface area (Å²) >= 11 is 0. The third kappa shape index (κ3) is 5.25. The number of hydrogen-bond donors (Lipinski definition) is 2. The van der Waals surface area contributed by atoms with E-state index in [0.717, 1.165) is 31.2 Å². The van der Waals surface area contributed by atoms with Gasteiger partial charge in [0.15, 0.2) is 0 Å². The first kappa shape index (κ1) is 17.3. The van der Waals surface area contributed by atoms with Crippen molar-refractivity contribution >= 4 is 12.0 Å². The number of benzene rings is 1. The SMILES string of the molecule is CN(C(=O)CN)C1CCC(NC(=O)OCc2ccccc2)CC1. The first-order valence-electron chi connectivity index (χ1n) is 8.03. The molecule has 0 spiro atoms. The van der Waals surface area contributed by atoms with Crippen LogP contribution in [0.3, 0.4) is 0 Å². The van der Waals surface area contributed by atoms with E-state index in [2.05, 4.69) is 5.32 Å². The van der Waals surface area contributed by atoms with Gasteiger partial charge in [0.1, 0.15) is 6.61 Å². The molecule has 0 saturated heterocycles. The number of nitrogens with two attached hydrogens (primary N) is 1. The molecule has 1 saturated carbocycles. The van der Waals surface area contributed by atoms with E-state index < -0.39 is 0 Å². The summed E-state index contributed by atoms with van der Waals surface area (Å²) in [4.78, 5) is 25.2. The van der Waals surface area contributed by atoms with E-state index in [4.69, 9.17) is 10.5 Å². The molecule has 1 fully saturated rings. The summed E-state index contributed by atoms with van der Waals surface area (Å²) < 4.78 is 5.23. The minimum absolute atomic E-state index is 0.0383. The van der Waals surface area contributed by atoms with Gasteiger partial charge in [0, 0.05) is 19.1 Å². The highest BCUT2D eigenvalue weighted by Crippen LogP contribution is 2.22. The maximum atomic E-state index is 11.8. The maximum absolute atomic E-state index is 11.8. The quantitative estimate of drug-likeness (QED) is 0.864. The molecular weight excluding hydrogens is 294 g/mol. The average Bonchev–Trinajstić information content (AvgIpc) is 2.60. The summed E-state index contributed by atoms with van der Waals surface area (Å²) in [5.74, 6) is -0.0383. The Kier molecular flexibility index (Phi) is 6.40. The monoisotopic (exact) mass is 319 g/mol. The van der Waals surface area contributed by atoms with Crippen molar-refractivity contribution < 1.29 is 14.3 Å². The lowest BCUT2D eigenvalue weighted by Gasteiger charge is -2.34. The molecule has 0 heterocycles. The fourth-order valence-corrected chi connectivity index (χ4v) is 2.89. The molecule has 0 aromatic heterocycles. The number of likely N-dealkylation sites (N-methyl/N-ethyl adjacent to an activating group) is 1. The van der Waals surface area contributed by atoms with E-state index in [0.29, 0.717) is 0 Å². The van der Waals surface area contributed by atoms with E-state index in [-0.39, 0.29) is 37.2 Å². The van der Waals surface area contributed by atoms with Gasteiger partial charge in [0.05, 0.1) is 6.54 Å². The predicted molar refractivity (Wildman–Crippen MR) is 87.6 cm³/mol. The molecule has 6 heteroatoms. The zero-order valence-corrected chi connectivity index (χ0v) is 13.5. The van der Waals surface area contributed by atoms with E-state index in [1.54, 1.807) is 11.9 Å². The summed E-state index contributed by atoms with van der Waals surface area (Å²) in [6, 6.07) is 9.91. The molecule has 0 atom stereocenters. The van der Waals surface area contributed by atoms with Crippen LogP contribution >= 0.6 is 0 Å². The highest BCUT2D eigenvalue weighted by molar-refractivity contribution is 5.78. The van der Waals surface area contributed by atoms with Crippen molar-refractivity contribution in [1.82, 2.24) is 10.2 Å². The lowest BCUT2D eigenvalue weighted by molar-refractivity contribution is -0.131. The smallest absolute Gasteiger partial charge is 0.407 e. The predicted octanol–water partition coefficient (Wildman–Crippen LogP) is 1.64. The van der Waals surface area contributed by atoms with Crippen molar-refractivity contribution in [3.63, 3.8) is 0 Å². The normalized spacial score (nSPS) is 20.6. The Labute approximate surface area is 137 Å². The van der Waals surface area contributed by atoms with E-state index in [1.165, 1.54) is 0 Å². The first-order chi connectivity index (χ1) is 11.1. The second-order valence-corrected chi connectivity index (χ2v) is 5.92. The van der Waals surface area contributed by atoms with Crippen LogP contribution in [-0.2, 0) is 16.1 Å². The van der Waals surface area contributed by atoms with Crippen LogP contribution in [0.15, 0.2) is 30.3 Å². The molecule has 1 aromatic carbocycles. The molecule has 0 radical (unpaired) electrons.